The van der Waals surface area contributed by atoms with Crippen molar-refractivity contribution in [2.24, 2.45) is 0 Å². The number of amides is 2. The van der Waals surface area contributed by atoms with Gasteiger partial charge in [-0.05, 0) is 13.0 Å². The normalized spacial score (nSPS) is 11.8. The van der Waals surface area contributed by atoms with E-state index >= 15 is 0 Å². The van der Waals surface area contributed by atoms with Crippen LogP contribution in [0.1, 0.15) is 18.5 Å². The number of rotatable bonds is 7. The lowest BCUT2D eigenvalue weighted by molar-refractivity contribution is 0.183. The molecule has 1 aromatic carbocycles. The van der Waals surface area contributed by atoms with Gasteiger partial charge in [-0.25, -0.2) is 4.79 Å². The lowest BCUT2D eigenvalue weighted by Gasteiger charge is -2.26. The van der Waals surface area contributed by atoms with E-state index in [9.17, 15) is 4.79 Å². The van der Waals surface area contributed by atoms with Crippen LogP contribution in [-0.2, 0) is 11.3 Å². The number of para-hydroxylation sites is 1. The maximum atomic E-state index is 12.5. The molecule has 0 aliphatic carbocycles. The molecule has 130 valence electrons. The molecule has 0 saturated carbocycles. The SMILES string of the molecule is COCCn1cc(NC(=O)N(C)[C@H](C)c2ccccc2OC)cn1. The Morgan fingerprint density at radius 1 is 1.38 bits per heavy atom. The van der Waals surface area contributed by atoms with Crippen LogP contribution in [0.4, 0.5) is 10.5 Å². The van der Waals surface area contributed by atoms with Gasteiger partial charge >= 0.3 is 6.03 Å². The van der Waals surface area contributed by atoms with Crippen LogP contribution in [0.25, 0.3) is 0 Å². The molecule has 7 nitrogen and oxygen atoms in total. The van der Waals surface area contributed by atoms with E-state index in [0.29, 0.717) is 18.8 Å². The zero-order valence-corrected chi connectivity index (χ0v) is 14.5. The molecule has 0 unspecified atom stereocenters. The second kappa shape index (κ2) is 8.35. The predicted molar refractivity (Wildman–Crippen MR) is 92.3 cm³/mol. The number of nitrogens with zero attached hydrogens (tertiary/aromatic N) is 3. The fraction of sp³-hybridized carbons (Fsp3) is 0.412. The van der Waals surface area contributed by atoms with E-state index in [-0.39, 0.29) is 12.1 Å². The summed E-state index contributed by atoms with van der Waals surface area (Å²) >= 11 is 0. The van der Waals surface area contributed by atoms with Crippen molar-refractivity contribution in [1.29, 1.82) is 0 Å². The summed E-state index contributed by atoms with van der Waals surface area (Å²) in [7, 11) is 5.02. The van der Waals surface area contributed by atoms with Gasteiger partial charge in [-0.15, -0.1) is 0 Å². The van der Waals surface area contributed by atoms with E-state index in [1.807, 2.05) is 31.2 Å². The summed E-state index contributed by atoms with van der Waals surface area (Å²) in [6, 6.07) is 7.33. The first kappa shape index (κ1) is 17.8. The Kier molecular flexibility index (Phi) is 6.20. The molecule has 2 rings (SSSR count). The molecule has 0 aliphatic heterocycles. The number of nitrogens with one attached hydrogen (secondary N) is 1. The maximum Gasteiger partial charge on any atom is 0.322 e. The number of urea groups is 1. The van der Waals surface area contributed by atoms with Gasteiger partial charge < -0.3 is 19.7 Å². The minimum atomic E-state index is -0.209. The Morgan fingerprint density at radius 3 is 2.83 bits per heavy atom. The molecule has 1 atom stereocenters. The fourth-order valence-corrected chi connectivity index (χ4v) is 2.34. The highest BCUT2D eigenvalue weighted by Crippen LogP contribution is 2.28. The van der Waals surface area contributed by atoms with Crippen LogP contribution in [0, 0.1) is 0 Å². The monoisotopic (exact) mass is 332 g/mol. The molecule has 0 saturated heterocycles. The molecule has 0 spiro atoms. The summed E-state index contributed by atoms with van der Waals surface area (Å²) in [6.45, 7) is 3.17. The third-order valence-corrected chi connectivity index (χ3v) is 3.90. The van der Waals surface area contributed by atoms with E-state index in [2.05, 4.69) is 10.4 Å². The van der Waals surface area contributed by atoms with Crippen LogP contribution >= 0.6 is 0 Å². The van der Waals surface area contributed by atoms with Gasteiger partial charge in [0.05, 0.1) is 38.2 Å². The predicted octanol–water partition coefficient (Wildman–Crippen LogP) is 2.76. The van der Waals surface area contributed by atoms with Crippen LogP contribution in [0.3, 0.4) is 0 Å². The van der Waals surface area contributed by atoms with Gasteiger partial charge in [0.25, 0.3) is 0 Å². The van der Waals surface area contributed by atoms with Crippen molar-refractivity contribution in [2.75, 3.05) is 33.2 Å². The third-order valence-electron chi connectivity index (χ3n) is 3.90. The third kappa shape index (κ3) is 4.26. The highest BCUT2D eigenvalue weighted by Gasteiger charge is 2.20. The van der Waals surface area contributed by atoms with Crippen molar-refractivity contribution in [3.8, 4) is 5.75 Å². The van der Waals surface area contributed by atoms with Crippen molar-refractivity contribution in [3.63, 3.8) is 0 Å². The summed E-state index contributed by atoms with van der Waals surface area (Å²) in [5.41, 5.74) is 1.60. The first-order valence-corrected chi connectivity index (χ1v) is 7.75. The van der Waals surface area contributed by atoms with Crippen molar-refractivity contribution in [1.82, 2.24) is 14.7 Å². The van der Waals surface area contributed by atoms with Crippen LogP contribution in [-0.4, -0.2) is 48.6 Å². The van der Waals surface area contributed by atoms with E-state index in [1.165, 1.54) is 0 Å². The average Bonchev–Trinajstić information content (AvgIpc) is 3.05. The Morgan fingerprint density at radius 2 is 2.12 bits per heavy atom. The fourth-order valence-electron chi connectivity index (χ4n) is 2.34. The zero-order chi connectivity index (χ0) is 17.5. The van der Waals surface area contributed by atoms with Crippen LogP contribution < -0.4 is 10.1 Å². The molecule has 0 fully saturated rings. The summed E-state index contributed by atoms with van der Waals surface area (Å²) < 4.78 is 12.1. The van der Waals surface area contributed by atoms with Crippen molar-refractivity contribution < 1.29 is 14.3 Å². The molecule has 7 heteroatoms. The molecule has 0 radical (unpaired) electrons. The first-order valence-electron chi connectivity index (χ1n) is 7.75. The number of hydrogen-bond donors (Lipinski definition) is 1. The Labute approximate surface area is 142 Å². The number of ether oxygens (including phenoxy) is 2. The number of benzene rings is 1. The topological polar surface area (TPSA) is 68.6 Å². The lowest BCUT2D eigenvalue weighted by Crippen LogP contribution is -2.33. The van der Waals surface area contributed by atoms with Crippen LogP contribution in [0.15, 0.2) is 36.7 Å². The minimum absolute atomic E-state index is 0.135. The standard InChI is InChI=1S/C17H24N4O3/c1-13(15-7-5-6-8-16(15)24-4)20(2)17(22)19-14-11-18-21(12-14)9-10-23-3/h5-8,11-13H,9-10H2,1-4H3,(H,19,22)/t13-/m1/s1. The van der Waals surface area contributed by atoms with Crippen molar-refractivity contribution in [3.05, 3.63) is 42.2 Å². The van der Waals surface area contributed by atoms with Crippen molar-refractivity contribution in [2.45, 2.75) is 19.5 Å². The van der Waals surface area contributed by atoms with E-state index in [1.54, 1.807) is 43.2 Å². The minimum Gasteiger partial charge on any atom is -0.496 e. The summed E-state index contributed by atoms with van der Waals surface area (Å²) in [5, 5.41) is 7.03. The Hall–Kier alpha value is -2.54. The second-order valence-electron chi connectivity index (χ2n) is 5.44. The number of carbonyl (C=O) groups excluding carboxylic acids is 1. The lowest BCUT2D eigenvalue weighted by atomic mass is 10.1. The first-order chi connectivity index (χ1) is 11.6. The molecule has 1 N–H and O–H groups in total. The molecule has 2 amide bonds. The van der Waals surface area contributed by atoms with E-state index < -0.39 is 0 Å². The zero-order valence-electron chi connectivity index (χ0n) is 14.5. The van der Waals surface area contributed by atoms with Gasteiger partial charge in [0.1, 0.15) is 5.75 Å². The number of hydrogen-bond acceptors (Lipinski definition) is 4. The molecule has 1 heterocycles. The molecular formula is C17H24N4O3. The summed E-state index contributed by atoms with van der Waals surface area (Å²) in [4.78, 5) is 14.1. The number of methoxy groups -OCH3 is 2. The summed E-state index contributed by atoms with van der Waals surface area (Å²) in [6.07, 6.45) is 3.40. The van der Waals surface area contributed by atoms with Gasteiger partial charge in [0, 0.05) is 25.9 Å². The van der Waals surface area contributed by atoms with Gasteiger partial charge in [-0.3, -0.25) is 4.68 Å². The molecule has 2 aromatic rings. The Balaban J connectivity index is 2.02. The van der Waals surface area contributed by atoms with Crippen LogP contribution in [0.5, 0.6) is 5.75 Å². The number of aromatic nitrogens is 2. The number of carbonyl (C=O) groups is 1. The highest BCUT2D eigenvalue weighted by molar-refractivity contribution is 5.89. The molecule has 0 aliphatic rings. The smallest absolute Gasteiger partial charge is 0.322 e. The maximum absolute atomic E-state index is 12.5. The van der Waals surface area contributed by atoms with Gasteiger partial charge in [0.2, 0.25) is 0 Å². The average molecular weight is 332 g/mol. The van der Waals surface area contributed by atoms with Crippen molar-refractivity contribution >= 4 is 11.7 Å². The van der Waals surface area contributed by atoms with Gasteiger partial charge in [-0.1, -0.05) is 18.2 Å². The summed E-state index contributed by atoms with van der Waals surface area (Å²) in [5.74, 6) is 0.761. The quantitative estimate of drug-likeness (QED) is 0.846. The largest absolute Gasteiger partial charge is 0.496 e. The molecule has 24 heavy (non-hydrogen) atoms. The van der Waals surface area contributed by atoms with Gasteiger partial charge in [-0.2, -0.15) is 5.10 Å². The molecule has 0 bridgehead atoms. The number of anilines is 1. The van der Waals surface area contributed by atoms with Gasteiger partial charge in [0.15, 0.2) is 0 Å². The molecule has 1 aromatic heterocycles. The van der Waals surface area contributed by atoms with E-state index in [4.69, 9.17) is 9.47 Å². The van der Waals surface area contributed by atoms with Crippen LogP contribution in [0.2, 0.25) is 0 Å². The molecular weight excluding hydrogens is 308 g/mol. The highest BCUT2D eigenvalue weighted by atomic mass is 16.5. The van der Waals surface area contributed by atoms with E-state index in [0.717, 1.165) is 11.3 Å². The Bertz CT molecular complexity index is 671. The second-order valence-corrected chi connectivity index (χ2v) is 5.44.